The molecule has 1 unspecified atom stereocenters. The third-order valence-electron chi connectivity index (χ3n) is 2.26. The number of amides is 1. The van der Waals surface area contributed by atoms with Gasteiger partial charge in [0, 0.05) is 16.7 Å². The average Bonchev–Trinajstić information content (AvgIpc) is 2.23. The monoisotopic (exact) mass is 270 g/mol. The lowest BCUT2D eigenvalue weighted by Gasteiger charge is -2.12. The lowest BCUT2D eigenvalue weighted by molar-refractivity contribution is -0.119. The van der Waals surface area contributed by atoms with Gasteiger partial charge in [0.2, 0.25) is 5.91 Å². The smallest absolute Gasteiger partial charge is 0.228 e. The van der Waals surface area contributed by atoms with Gasteiger partial charge in [0.1, 0.15) is 0 Å². The van der Waals surface area contributed by atoms with E-state index < -0.39 is 0 Å². The number of anilines is 1. The summed E-state index contributed by atoms with van der Waals surface area (Å²) in [6.07, 6.45) is 0.763. The van der Waals surface area contributed by atoms with Crippen molar-refractivity contribution in [2.75, 3.05) is 11.9 Å². The first-order valence-corrected chi connectivity index (χ1v) is 5.73. The summed E-state index contributed by atoms with van der Waals surface area (Å²) < 4.78 is 0.992. The molecule has 1 atom stereocenters. The fraction of sp³-hybridized carbons (Fsp3) is 0.364. The zero-order valence-corrected chi connectivity index (χ0v) is 10.3. The van der Waals surface area contributed by atoms with Crippen molar-refractivity contribution in [3.05, 3.63) is 28.7 Å². The number of nitrogens with two attached hydrogens (primary N) is 1. The molecule has 4 heteroatoms. The molecule has 1 rings (SSSR count). The summed E-state index contributed by atoms with van der Waals surface area (Å²) in [5.41, 5.74) is 6.29. The van der Waals surface area contributed by atoms with E-state index in [1.54, 1.807) is 0 Å². The van der Waals surface area contributed by atoms with Crippen LogP contribution in [-0.4, -0.2) is 12.5 Å². The van der Waals surface area contributed by atoms with E-state index in [1.807, 2.05) is 31.2 Å². The van der Waals surface area contributed by atoms with E-state index >= 15 is 0 Å². The van der Waals surface area contributed by atoms with E-state index in [4.69, 9.17) is 5.73 Å². The molecular weight excluding hydrogens is 256 g/mol. The molecule has 3 N–H and O–H groups in total. The van der Waals surface area contributed by atoms with Crippen LogP contribution in [0.1, 0.15) is 13.3 Å². The number of carbonyl (C=O) groups excluding carboxylic acids is 1. The summed E-state index contributed by atoms with van der Waals surface area (Å²) in [5.74, 6) is -0.115. The molecule has 1 aromatic carbocycles. The Kier molecular flexibility index (Phi) is 4.78. The summed E-state index contributed by atoms with van der Waals surface area (Å²) in [4.78, 5) is 11.7. The van der Waals surface area contributed by atoms with Crippen LogP contribution in [0.15, 0.2) is 28.7 Å². The zero-order valence-electron chi connectivity index (χ0n) is 8.66. The summed E-state index contributed by atoms with van der Waals surface area (Å²) >= 11 is 3.34. The summed E-state index contributed by atoms with van der Waals surface area (Å²) in [6.45, 7) is 2.34. The first-order chi connectivity index (χ1) is 7.17. The zero-order chi connectivity index (χ0) is 11.3. The average molecular weight is 271 g/mol. The maximum atomic E-state index is 11.7. The Balaban J connectivity index is 2.61. The van der Waals surface area contributed by atoms with Crippen molar-refractivity contribution in [3.63, 3.8) is 0 Å². The van der Waals surface area contributed by atoms with Gasteiger partial charge in [-0.25, -0.2) is 0 Å². The highest BCUT2D eigenvalue weighted by Crippen LogP contribution is 2.15. The Morgan fingerprint density at radius 2 is 2.07 bits per heavy atom. The Morgan fingerprint density at radius 3 is 2.53 bits per heavy atom. The van der Waals surface area contributed by atoms with Gasteiger partial charge in [-0.2, -0.15) is 0 Å². The quantitative estimate of drug-likeness (QED) is 0.883. The number of halogens is 1. The number of benzene rings is 1. The summed E-state index contributed by atoms with van der Waals surface area (Å²) in [7, 11) is 0. The maximum absolute atomic E-state index is 11.7. The minimum Gasteiger partial charge on any atom is -0.330 e. The van der Waals surface area contributed by atoms with Crippen LogP contribution >= 0.6 is 15.9 Å². The normalized spacial score (nSPS) is 12.2. The molecule has 0 aliphatic carbocycles. The summed E-state index contributed by atoms with van der Waals surface area (Å²) in [6, 6.07) is 7.48. The van der Waals surface area contributed by atoms with Gasteiger partial charge in [-0.1, -0.05) is 22.9 Å². The molecule has 0 heterocycles. The third kappa shape index (κ3) is 3.64. The Labute approximate surface area is 98.2 Å². The molecule has 15 heavy (non-hydrogen) atoms. The van der Waals surface area contributed by atoms with Crippen LogP contribution in [0.3, 0.4) is 0 Å². The predicted octanol–water partition coefficient (Wildman–Crippen LogP) is 2.37. The first kappa shape index (κ1) is 12.2. The molecule has 3 nitrogen and oxygen atoms in total. The molecule has 0 spiro atoms. The predicted molar refractivity (Wildman–Crippen MR) is 65.6 cm³/mol. The molecule has 0 fully saturated rings. The van der Waals surface area contributed by atoms with Crippen LogP contribution < -0.4 is 11.1 Å². The van der Waals surface area contributed by atoms with Crippen LogP contribution in [0.2, 0.25) is 0 Å². The molecule has 1 aromatic rings. The van der Waals surface area contributed by atoms with Crippen molar-refractivity contribution in [1.29, 1.82) is 0 Å². The van der Waals surface area contributed by atoms with Crippen LogP contribution in [0.4, 0.5) is 5.69 Å². The van der Waals surface area contributed by atoms with E-state index in [2.05, 4.69) is 21.2 Å². The topological polar surface area (TPSA) is 55.1 Å². The third-order valence-corrected chi connectivity index (χ3v) is 2.79. The molecule has 82 valence electrons. The van der Waals surface area contributed by atoms with Gasteiger partial charge < -0.3 is 11.1 Å². The Hall–Kier alpha value is -0.870. The van der Waals surface area contributed by atoms with Crippen LogP contribution in [0.25, 0.3) is 0 Å². The second kappa shape index (κ2) is 5.88. The Morgan fingerprint density at radius 1 is 1.47 bits per heavy atom. The van der Waals surface area contributed by atoms with E-state index in [-0.39, 0.29) is 11.8 Å². The number of rotatable bonds is 4. The lowest BCUT2D eigenvalue weighted by atomic mass is 10.1. The highest BCUT2D eigenvalue weighted by atomic mass is 79.9. The SMILES string of the molecule is CCC(CN)C(=O)Nc1ccc(Br)cc1. The molecule has 0 aliphatic heterocycles. The van der Waals surface area contributed by atoms with Crippen molar-refractivity contribution >= 4 is 27.5 Å². The second-order valence-corrected chi connectivity index (χ2v) is 4.25. The molecule has 0 aromatic heterocycles. The highest BCUT2D eigenvalue weighted by Gasteiger charge is 2.13. The molecule has 0 aliphatic rings. The van der Waals surface area contributed by atoms with Crippen molar-refractivity contribution in [2.45, 2.75) is 13.3 Å². The molecule has 0 radical (unpaired) electrons. The van der Waals surface area contributed by atoms with E-state index in [0.717, 1.165) is 16.6 Å². The first-order valence-electron chi connectivity index (χ1n) is 4.94. The van der Waals surface area contributed by atoms with E-state index in [9.17, 15) is 4.79 Å². The van der Waals surface area contributed by atoms with Gasteiger partial charge >= 0.3 is 0 Å². The van der Waals surface area contributed by atoms with Crippen molar-refractivity contribution in [2.24, 2.45) is 11.7 Å². The van der Waals surface area contributed by atoms with Crippen molar-refractivity contribution in [3.8, 4) is 0 Å². The minimum atomic E-state index is -0.103. The number of hydrogen-bond donors (Lipinski definition) is 2. The molecule has 1 amide bonds. The molecule has 0 saturated heterocycles. The summed E-state index contributed by atoms with van der Waals surface area (Å²) in [5, 5.41) is 2.83. The number of carbonyl (C=O) groups is 1. The van der Waals surface area contributed by atoms with Crippen LogP contribution in [0.5, 0.6) is 0 Å². The maximum Gasteiger partial charge on any atom is 0.228 e. The van der Waals surface area contributed by atoms with E-state index in [0.29, 0.717) is 6.54 Å². The highest BCUT2D eigenvalue weighted by molar-refractivity contribution is 9.10. The standard InChI is InChI=1S/C11H15BrN2O/c1-2-8(7-13)11(15)14-10-5-3-9(12)4-6-10/h3-6,8H,2,7,13H2,1H3,(H,14,15). The van der Waals surface area contributed by atoms with Crippen LogP contribution in [-0.2, 0) is 4.79 Å². The molecule has 0 bridgehead atoms. The second-order valence-electron chi connectivity index (χ2n) is 3.34. The van der Waals surface area contributed by atoms with Crippen molar-refractivity contribution < 1.29 is 4.79 Å². The fourth-order valence-electron chi connectivity index (χ4n) is 1.24. The largest absolute Gasteiger partial charge is 0.330 e. The van der Waals surface area contributed by atoms with E-state index in [1.165, 1.54) is 0 Å². The number of hydrogen-bond acceptors (Lipinski definition) is 2. The molecule has 0 saturated carbocycles. The van der Waals surface area contributed by atoms with Gasteiger partial charge in [0.15, 0.2) is 0 Å². The Bertz CT molecular complexity index is 320. The van der Waals surface area contributed by atoms with Crippen molar-refractivity contribution in [1.82, 2.24) is 0 Å². The van der Waals surface area contributed by atoms with Gasteiger partial charge in [0.05, 0.1) is 5.92 Å². The van der Waals surface area contributed by atoms with Crippen LogP contribution in [0, 0.1) is 5.92 Å². The van der Waals surface area contributed by atoms with Gasteiger partial charge in [-0.3, -0.25) is 4.79 Å². The number of nitrogens with one attached hydrogen (secondary N) is 1. The van der Waals surface area contributed by atoms with Gasteiger partial charge in [0.25, 0.3) is 0 Å². The fourth-order valence-corrected chi connectivity index (χ4v) is 1.50. The molecular formula is C11H15BrN2O. The van der Waals surface area contributed by atoms with Gasteiger partial charge in [-0.05, 0) is 30.7 Å². The lowest BCUT2D eigenvalue weighted by Crippen LogP contribution is -2.28. The van der Waals surface area contributed by atoms with Gasteiger partial charge in [-0.15, -0.1) is 0 Å². The minimum absolute atomic E-state index is 0.0117.